The molecule has 3 heterocycles. The van der Waals surface area contributed by atoms with E-state index in [1.165, 1.54) is 19.3 Å². The number of carbonyl (C=O) groups excluding carboxylic acids is 2. The molecule has 2 fully saturated rings. The van der Waals surface area contributed by atoms with E-state index < -0.39 is 0 Å². The molecular weight excluding hydrogens is 322 g/mol. The summed E-state index contributed by atoms with van der Waals surface area (Å²) in [5.41, 5.74) is 0.861. The third-order valence-electron chi connectivity index (χ3n) is 5.31. The SMILES string of the molecule is O=C(CN1C(=O)CSc2ccccc21)N[C@@H]1CCN2CCCC[C@@H]12. The summed E-state index contributed by atoms with van der Waals surface area (Å²) in [5.74, 6) is 0.381. The second-order valence-corrected chi connectivity index (χ2v) is 7.82. The van der Waals surface area contributed by atoms with Crippen LogP contribution in [0.3, 0.4) is 0 Å². The fourth-order valence-electron chi connectivity index (χ4n) is 4.14. The minimum absolute atomic E-state index is 0.0135. The summed E-state index contributed by atoms with van der Waals surface area (Å²) in [5, 5.41) is 3.20. The molecule has 1 aromatic carbocycles. The molecule has 1 aromatic rings. The van der Waals surface area contributed by atoms with Gasteiger partial charge in [0, 0.05) is 23.5 Å². The minimum atomic E-state index is -0.0394. The van der Waals surface area contributed by atoms with E-state index in [0.29, 0.717) is 11.8 Å². The molecule has 24 heavy (non-hydrogen) atoms. The van der Waals surface area contributed by atoms with Gasteiger partial charge in [-0.3, -0.25) is 14.5 Å². The first-order chi connectivity index (χ1) is 11.7. The molecular formula is C18H23N3O2S. The van der Waals surface area contributed by atoms with Crippen molar-refractivity contribution >= 4 is 29.3 Å². The van der Waals surface area contributed by atoms with E-state index in [4.69, 9.17) is 0 Å². The normalized spacial score (nSPS) is 26.8. The molecule has 6 heteroatoms. The van der Waals surface area contributed by atoms with Crippen LogP contribution in [0.5, 0.6) is 0 Å². The summed E-state index contributed by atoms with van der Waals surface area (Å²) in [6.45, 7) is 2.36. The van der Waals surface area contributed by atoms with Gasteiger partial charge in [-0.1, -0.05) is 18.6 Å². The Kier molecular flexibility index (Phi) is 4.50. The lowest BCUT2D eigenvalue weighted by molar-refractivity contribution is -0.123. The van der Waals surface area contributed by atoms with Crippen molar-refractivity contribution in [3.63, 3.8) is 0 Å². The van der Waals surface area contributed by atoms with Crippen LogP contribution in [0, 0.1) is 0 Å². The van der Waals surface area contributed by atoms with Crippen LogP contribution in [-0.2, 0) is 9.59 Å². The van der Waals surface area contributed by atoms with Gasteiger partial charge >= 0.3 is 0 Å². The highest BCUT2D eigenvalue weighted by molar-refractivity contribution is 8.00. The maximum Gasteiger partial charge on any atom is 0.240 e. The van der Waals surface area contributed by atoms with Gasteiger partial charge in [0.2, 0.25) is 11.8 Å². The summed E-state index contributed by atoms with van der Waals surface area (Å²) < 4.78 is 0. The van der Waals surface area contributed by atoms with E-state index >= 15 is 0 Å². The molecule has 1 N–H and O–H groups in total. The number of para-hydroxylation sites is 1. The molecule has 0 bridgehead atoms. The van der Waals surface area contributed by atoms with Gasteiger partial charge in [0.15, 0.2) is 0 Å². The van der Waals surface area contributed by atoms with Crippen LogP contribution >= 0.6 is 11.8 Å². The number of carbonyl (C=O) groups is 2. The van der Waals surface area contributed by atoms with Crippen molar-refractivity contribution < 1.29 is 9.59 Å². The Bertz CT molecular complexity index is 651. The third-order valence-corrected chi connectivity index (χ3v) is 6.36. The molecule has 0 spiro atoms. The predicted octanol–water partition coefficient (Wildman–Crippen LogP) is 1.87. The van der Waals surface area contributed by atoms with E-state index in [2.05, 4.69) is 10.2 Å². The van der Waals surface area contributed by atoms with Crippen LogP contribution in [0.2, 0.25) is 0 Å². The number of nitrogens with zero attached hydrogens (tertiary/aromatic N) is 2. The van der Waals surface area contributed by atoms with Crippen LogP contribution in [0.15, 0.2) is 29.2 Å². The quantitative estimate of drug-likeness (QED) is 0.909. The van der Waals surface area contributed by atoms with Gasteiger partial charge in [0.25, 0.3) is 0 Å². The van der Waals surface area contributed by atoms with Crippen molar-refractivity contribution in [1.82, 2.24) is 10.2 Å². The van der Waals surface area contributed by atoms with Crippen molar-refractivity contribution in [3.05, 3.63) is 24.3 Å². The first-order valence-corrected chi connectivity index (χ1v) is 9.76. The highest BCUT2D eigenvalue weighted by Gasteiger charge is 2.36. The number of hydrogen-bond donors (Lipinski definition) is 1. The van der Waals surface area contributed by atoms with Crippen LogP contribution in [0.25, 0.3) is 0 Å². The Morgan fingerprint density at radius 1 is 1.21 bits per heavy atom. The summed E-state index contributed by atoms with van der Waals surface area (Å²) >= 11 is 1.55. The van der Waals surface area contributed by atoms with Gasteiger partial charge in [0.1, 0.15) is 6.54 Å². The molecule has 0 aromatic heterocycles. The number of amides is 2. The zero-order chi connectivity index (χ0) is 16.5. The Morgan fingerprint density at radius 2 is 2.08 bits per heavy atom. The van der Waals surface area contributed by atoms with E-state index in [0.717, 1.165) is 30.1 Å². The van der Waals surface area contributed by atoms with E-state index in [1.54, 1.807) is 16.7 Å². The van der Waals surface area contributed by atoms with Crippen molar-refractivity contribution in [2.45, 2.75) is 42.7 Å². The smallest absolute Gasteiger partial charge is 0.240 e. The molecule has 3 aliphatic heterocycles. The Balaban J connectivity index is 1.42. The summed E-state index contributed by atoms with van der Waals surface area (Å²) in [6.07, 6.45) is 4.72. The minimum Gasteiger partial charge on any atom is -0.350 e. The zero-order valence-electron chi connectivity index (χ0n) is 13.7. The average molecular weight is 345 g/mol. The maximum atomic E-state index is 12.6. The molecule has 2 saturated heterocycles. The number of piperidine rings is 1. The second-order valence-electron chi connectivity index (χ2n) is 6.80. The zero-order valence-corrected chi connectivity index (χ0v) is 14.6. The van der Waals surface area contributed by atoms with Crippen molar-refractivity contribution in [1.29, 1.82) is 0 Å². The Hall–Kier alpha value is -1.53. The highest BCUT2D eigenvalue weighted by atomic mass is 32.2. The predicted molar refractivity (Wildman–Crippen MR) is 95.3 cm³/mol. The van der Waals surface area contributed by atoms with Crippen LogP contribution in [0.4, 0.5) is 5.69 Å². The molecule has 0 saturated carbocycles. The first-order valence-electron chi connectivity index (χ1n) is 8.78. The number of nitrogens with one attached hydrogen (secondary N) is 1. The Morgan fingerprint density at radius 3 is 3.00 bits per heavy atom. The second kappa shape index (κ2) is 6.76. The molecule has 2 amide bonds. The monoisotopic (exact) mass is 345 g/mol. The van der Waals surface area contributed by atoms with Gasteiger partial charge in [-0.2, -0.15) is 0 Å². The fraction of sp³-hybridized carbons (Fsp3) is 0.556. The van der Waals surface area contributed by atoms with Gasteiger partial charge in [0.05, 0.1) is 11.4 Å². The fourth-order valence-corrected chi connectivity index (χ4v) is 5.07. The lowest BCUT2D eigenvalue weighted by atomic mass is 9.99. The molecule has 0 radical (unpaired) electrons. The number of rotatable bonds is 3. The van der Waals surface area contributed by atoms with E-state index in [9.17, 15) is 9.59 Å². The lowest BCUT2D eigenvalue weighted by Gasteiger charge is -2.33. The largest absolute Gasteiger partial charge is 0.350 e. The van der Waals surface area contributed by atoms with Crippen molar-refractivity contribution in [3.8, 4) is 0 Å². The number of anilines is 1. The molecule has 5 nitrogen and oxygen atoms in total. The molecule has 2 atom stereocenters. The number of benzene rings is 1. The highest BCUT2D eigenvalue weighted by Crippen LogP contribution is 2.34. The van der Waals surface area contributed by atoms with Crippen LogP contribution < -0.4 is 10.2 Å². The topological polar surface area (TPSA) is 52.7 Å². The van der Waals surface area contributed by atoms with Crippen LogP contribution in [-0.4, -0.2) is 54.2 Å². The summed E-state index contributed by atoms with van der Waals surface area (Å²) in [4.78, 5) is 30.1. The average Bonchev–Trinajstić information content (AvgIpc) is 3.01. The Labute approximate surface area is 146 Å². The lowest BCUT2D eigenvalue weighted by Crippen LogP contribution is -2.50. The number of thioether (sulfide) groups is 1. The van der Waals surface area contributed by atoms with Crippen molar-refractivity contribution in [2.24, 2.45) is 0 Å². The van der Waals surface area contributed by atoms with Crippen molar-refractivity contribution in [2.75, 3.05) is 30.3 Å². The first kappa shape index (κ1) is 16.0. The molecule has 0 aliphatic carbocycles. The molecule has 128 valence electrons. The number of hydrogen-bond acceptors (Lipinski definition) is 4. The van der Waals surface area contributed by atoms with Gasteiger partial charge in [-0.15, -0.1) is 11.8 Å². The van der Waals surface area contributed by atoms with E-state index in [-0.39, 0.29) is 24.4 Å². The maximum absolute atomic E-state index is 12.6. The number of fused-ring (bicyclic) bond motifs is 2. The molecule has 0 unspecified atom stereocenters. The molecule has 4 rings (SSSR count). The third kappa shape index (κ3) is 3.05. The summed E-state index contributed by atoms with van der Waals surface area (Å²) in [7, 11) is 0. The van der Waals surface area contributed by atoms with Gasteiger partial charge in [-0.25, -0.2) is 0 Å². The van der Waals surface area contributed by atoms with Gasteiger partial charge < -0.3 is 10.2 Å². The standard InChI is InChI=1S/C18H23N3O2S/c22-17(19-13-8-10-20-9-4-3-5-14(13)20)11-21-15-6-1-2-7-16(15)24-12-18(21)23/h1-2,6-7,13-14H,3-5,8-12H2,(H,19,22)/t13-,14+/m1/s1. The molecule has 3 aliphatic rings. The van der Waals surface area contributed by atoms with Crippen LogP contribution in [0.1, 0.15) is 25.7 Å². The van der Waals surface area contributed by atoms with E-state index in [1.807, 2.05) is 24.3 Å². The summed E-state index contributed by atoms with van der Waals surface area (Å²) in [6, 6.07) is 8.54. The van der Waals surface area contributed by atoms with Gasteiger partial charge in [-0.05, 0) is 37.9 Å².